The summed E-state index contributed by atoms with van der Waals surface area (Å²) in [6.45, 7) is 2.84. The van der Waals surface area contributed by atoms with E-state index in [4.69, 9.17) is 20.0 Å². The molecular weight excluding hydrogens is 516 g/mol. The van der Waals surface area contributed by atoms with Crippen LogP contribution in [0, 0.1) is 11.6 Å². The molecule has 13 nitrogen and oxygen atoms in total. The first-order valence-corrected chi connectivity index (χ1v) is 12.4. The van der Waals surface area contributed by atoms with Crippen LogP contribution in [0.25, 0.3) is 17.4 Å². The average Bonchev–Trinajstić information content (AvgIpc) is 3.62. The van der Waals surface area contributed by atoms with Gasteiger partial charge in [-0.15, -0.1) is 5.10 Å². The van der Waals surface area contributed by atoms with E-state index in [0.717, 1.165) is 6.07 Å². The van der Waals surface area contributed by atoms with Crippen LogP contribution in [0.1, 0.15) is 0 Å². The number of fused-ring (bicyclic) bond motifs is 1. The molecule has 0 unspecified atom stereocenters. The van der Waals surface area contributed by atoms with Gasteiger partial charge in [-0.3, -0.25) is 4.90 Å². The molecule has 1 atom stereocenters. The lowest BCUT2D eigenvalue weighted by Crippen LogP contribution is -2.48. The van der Waals surface area contributed by atoms with Crippen molar-refractivity contribution < 1.29 is 28.1 Å². The van der Waals surface area contributed by atoms with E-state index in [1.807, 2.05) is 16.8 Å². The van der Waals surface area contributed by atoms with Crippen LogP contribution in [0.15, 0.2) is 34.9 Å². The molecule has 0 amide bonds. The van der Waals surface area contributed by atoms with E-state index in [0.29, 0.717) is 62.6 Å². The van der Waals surface area contributed by atoms with E-state index < -0.39 is 24.3 Å². The van der Waals surface area contributed by atoms with Gasteiger partial charge in [-0.2, -0.15) is 19.5 Å². The number of rotatable bonds is 10. The van der Waals surface area contributed by atoms with Crippen molar-refractivity contribution in [3.8, 4) is 17.3 Å². The predicted octanol–water partition coefficient (Wildman–Crippen LogP) is 0.630. The minimum Gasteiger partial charge on any atom is -0.488 e. The number of likely N-dealkylation sites (N-methyl/N-ethyl adjacent to an activating group) is 1. The summed E-state index contributed by atoms with van der Waals surface area (Å²) in [4.78, 5) is 19.1. The van der Waals surface area contributed by atoms with E-state index in [2.05, 4.69) is 25.0 Å². The summed E-state index contributed by atoms with van der Waals surface area (Å²) >= 11 is 0. The van der Waals surface area contributed by atoms with Crippen LogP contribution in [-0.4, -0.2) is 105 Å². The van der Waals surface area contributed by atoms with Gasteiger partial charge < -0.3 is 34.9 Å². The summed E-state index contributed by atoms with van der Waals surface area (Å²) in [7, 11) is 1.86. The van der Waals surface area contributed by atoms with Crippen LogP contribution in [-0.2, 0) is 0 Å². The maximum absolute atomic E-state index is 14.6. The van der Waals surface area contributed by atoms with Crippen molar-refractivity contribution >= 4 is 23.4 Å². The molecule has 1 fully saturated rings. The number of benzene rings is 1. The number of aliphatic hydroxyl groups is 2. The first-order valence-electron chi connectivity index (χ1n) is 12.4. The third-order valence-corrected chi connectivity index (χ3v) is 6.41. The van der Waals surface area contributed by atoms with Gasteiger partial charge >= 0.3 is 0 Å². The number of nitrogens with zero attached hydrogens (tertiary/aromatic N) is 8. The van der Waals surface area contributed by atoms with Crippen molar-refractivity contribution in [1.29, 1.82) is 0 Å². The summed E-state index contributed by atoms with van der Waals surface area (Å²) in [6.07, 6.45) is 0.378. The Hall–Kier alpha value is -4.08. The molecule has 0 spiro atoms. The molecule has 0 saturated carbocycles. The van der Waals surface area contributed by atoms with Gasteiger partial charge in [0.05, 0.1) is 18.6 Å². The molecule has 208 valence electrons. The van der Waals surface area contributed by atoms with Crippen LogP contribution in [0.5, 0.6) is 5.75 Å². The Morgan fingerprint density at radius 2 is 1.95 bits per heavy atom. The first kappa shape index (κ1) is 26.5. The highest BCUT2D eigenvalue weighted by atomic mass is 19.1. The average molecular weight is 546 g/mol. The second-order valence-corrected chi connectivity index (χ2v) is 9.14. The number of hydrogen-bond donors (Lipinski definition) is 3. The Balaban J connectivity index is 1.17. The number of halogens is 2. The highest BCUT2D eigenvalue weighted by molar-refractivity contribution is 5.54. The fraction of sp³-hybridized carbons (Fsp3) is 0.417. The normalized spacial score (nSPS) is 15.2. The highest BCUT2D eigenvalue weighted by Gasteiger charge is 2.23. The predicted molar refractivity (Wildman–Crippen MR) is 138 cm³/mol. The van der Waals surface area contributed by atoms with Gasteiger partial charge in [0.15, 0.2) is 17.3 Å². The smallest absolute Gasteiger partial charge is 0.259 e. The number of hydrogen-bond acceptors (Lipinski definition) is 12. The molecule has 0 bridgehead atoms. The van der Waals surface area contributed by atoms with Gasteiger partial charge in [0, 0.05) is 58.4 Å². The third-order valence-electron chi connectivity index (χ3n) is 6.41. The van der Waals surface area contributed by atoms with E-state index in [-0.39, 0.29) is 24.0 Å². The maximum Gasteiger partial charge on any atom is 0.259 e. The van der Waals surface area contributed by atoms with Crippen molar-refractivity contribution in [3.05, 3.63) is 42.2 Å². The zero-order chi connectivity index (χ0) is 27.5. The minimum absolute atomic E-state index is 0.149. The van der Waals surface area contributed by atoms with Gasteiger partial charge in [0.1, 0.15) is 18.5 Å². The van der Waals surface area contributed by atoms with Gasteiger partial charge in [0.25, 0.3) is 5.78 Å². The second-order valence-electron chi connectivity index (χ2n) is 9.14. The van der Waals surface area contributed by atoms with E-state index in [1.165, 1.54) is 16.8 Å². The Kier molecular flexibility index (Phi) is 7.72. The zero-order valence-corrected chi connectivity index (χ0v) is 21.2. The molecule has 4 N–H and O–H groups in total. The topological polar surface area (TPSA) is 155 Å². The Labute approximate surface area is 222 Å². The quantitative estimate of drug-likeness (QED) is 0.256. The molecule has 4 aromatic rings. The highest BCUT2D eigenvalue weighted by Crippen LogP contribution is 2.29. The number of ether oxygens (including phenoxy) is 1. The number of anilines is 3. The van der Waals surface area contributed by atoms with Crippen LogP contribution in [0.4, 0.5) is 26.4 Å². The van der Waals surface area contributed by atoms with Crippen molar-refractivity contribution in [2.75, 3.05) is 75.1 Å². The summed E-state index contributed by atoms with van der Waals surface area (Å²) in [5.74, 6) is -0.0166. The fourth-order valence-electron chi connectivity index (χ4n) is 4.19. The molecule has 15 heteroatoms. The van der Waals surface area contributed by atoms with Gasteiger partial charge in [0.2, 0.25) is 17.7 Å². The lowest BCUT2D eigenvalue weighted by molar-refractivity contribution is 0.0523. The number of nitrogen functional groups attached to an aromatic ring is 1. The fourth-order valence-corrected chi connectivity index (χ4v) is 4.19. The van der Waals surface area contributed by atoms with Crippen LogP contribution < -0.4 is 20.3 Å². The van der Waals surface area contributed by atoms with Gasteiger partial charge in [-0.1, -0.05) is 0 Å². The van der Waals surface area contributed by atoms with Crippen molar-refractivity contribution in [1.82, 2.24) is 29.5 Å². The Bertz CT molecular complexity index is 1410. The number of aromatic nitrogens is 5. The largest absolute Gasteiger partial charge is 0.488 e. The van der Waals surface area contributed by atoms with Crippen LogP contribution in [0.3, 0.4) is 0 Å². The molecule has 0 radical (unpaired) electrons. The Morgan fingerprint density at radius 1 is 1.15 bits per heavy atom. The standard InChI is InChI=1S/C24H29F2N9O4/c1-32(23-29-22(27)35-24(30-23)28-21(31-35)19-3-2-10-38-19)4-5-33-6-8-34(9-7-33)18-12-20(17(26)11-16(18)25)39-14-15(37)13-36/h2-3,10-12,15,36-37H,4-9,13-14H2,1H3,(H2,27,28,29,30,31)/t15-/m1/s1. The maximum atomic E-state index is 14.6. The SMILES string of the molecule is CN(CCN1CCN(c2cc(OC[C@H](O)CO)c(F)cc2F)CC1)c1nc(N)n2nc(-c3ccco3)nc2n1. The molecule has 0 aliphatic carbocycles. The summed E-state index contributed by atoms with van der Waals surface area (Å²) in [6, 6.07) is 5.54. The first-order chi connectivity index (χ1) is 18.8. The molecular formula is C24H29F2N9O4. The van der Waals surface area contributed by atoms with E-state index in [1.54, 1.807) is 12.1 Å². The molecule has 5 rings (SSSR count). The lowest BCUT2D eigenvalue weighted by atomic mass is 10.2. The van der Waals surface area contributed by atoms with Crippen molar-refractivity contribution in [3.63, 3.8) is 0 Å². The molecule has 1 aromatic carbocycles. The Morgan fingerprint density at radius 3 is 2.67 bits per heavy atom. The monoisotopic (exact) mass is 545 g/mol. The number of piperazine rings is 1. The summed E-state index contributed by atoms with van der Waals surface area (Å²) in [5.41, 5.74) is 6.32. The molecule has 1 saturated heterocycles. The number of furan rings is 1. The minimum atomic E-state index is -1.15. The van der Waals surface area contributed by atoms with Crippen molar-refractivity contribution in [2.45, 2.75) is 6.10 Å². The lowest BCUT2D eigenvalue weighted by Gasteiger charge is -2.37. The second kappa shape index (κ2) is 11.3. The van der Waals surface area contributed by atoms with Gasteiger partial charge in [-0.05, 0) is 12.1 Å². The van der Waals surface area contributed by atoms with Crippen molar-refractivity contribution in [2.24, 2.45) is 0 Å². The molecule has 39 heavy (non-hydrogen) atoms. The van der Waals surface area contributed by atoms with Crippen LogP contribution >= 0.6 is 0 Å². The number of aliphatic hydroxyl groups excluding tert-OH is 2. The van der Waals surface area contributed by atoms with Crippen LogP contribution in [0.2, 0.25) is 0 Å². The molecule has 4 heterocycles. The molecule has 1 aliphatic rings. The molecule has 1 aliphatic heterocycles. The van der Waals surface area contributed by atoms with E-state index in [9.17, 15) is 13.9 Å². The van der Waals surface area contributed by atoms with Gasteiger partial charge in [-0.25, -0.2) is 8.78 Å². The van der Waals surface area contributed by atoms with E-state index >= 15 is 0 Å². The summed E-state index contributed by atoms with van der Waals surface area (Å²) in [5, 5.41) is 22.7. The zero-order valence-electron chi connectivity index (χ0n) is 21.2. The molecule has 3 aromatic heterocycles. The summed E-state index contributed by atoms with van der Waals surface area (Å²) < 4.78 is 40.6. The number of nitrogens with two attached hydrogens (primary N) is 1. The third kappa shape index (κ3) is 5.84.